The number of fused-ring (bicyclic) bond motifs is 2. The zero-order chi connectivity index (χ0) is 21.2. The molecule has 6 nitrogen and oxygen atoms in total. The lowest BCUT2D eigenvalue weighted by Crippen LogP contribution is -2.20. The van der Waals surface area contributed by atoms with Crippen LogP contribution in [0.15, 0.2) is 23.1 Å². The Morgan fingerprint density at radius 2 is 2.07 bits per heavy atom. The van der Waals surface area contributed by atoms with Crippen molar-refractivity contribution in [1.82, 2.24) is 9.88 Å². The molecule has 5 rings (SSSR count). The third-order valence-electron chi connectivity index (χ3n) is 6.48. The van der Waals surface area contributed by atoms with Crippen molar-refractivity contribution in [3.8, 4) is 10.4 Å². The standard InChI is InChI=1S/C23H25N3O3S/c1-11-13(19-9-14-17(25-2)4-3-5-18(14)30-19)8-16(24)20-21(11)26(12-6-7-12)10-15(22(20)27)23(28)29/h8-10,12,17,25H,3-7,24H2,1-2H3,(H,28,29). The van der Waals surface area contributed by atoms with Crippen LogP contribution in [0.2, 0.25) is 0 Å². The fraction of sp³-hybridized carbons (Fsp3) is 0.391. The van der Waals surface area contributed by atoms with Gasteiger partial charge in [0, 0.05) is 33.7 Å². The Bertz CT molecular complexity index is 1250. The number of nitrogen functional groups attached to an aromatic ring is 1. The Kier molecular flexibility index (Phi) is 4.48. The van der Waals surface area contributed by atoms with E-state index in [1.165, 1.54) is 23.1 Å². The number of nitrogens with two attached hydrogens (primary N) is 1. The van der Waals surface area contributed by atoms with Gasteiger partial charge in [0.15, 0.2) is 0 Å². The number of carboxylic acids is 1. The third kappa shape index (κ3) is 2.87. The van der Waals surface area contributed by atoms with E-state index in [0.29, 0.717) is 17.1 Å². The summed E-state index contributed by atoms with van der Waals surface area (Å²) in [6, 6.07) is 4.72. The van der Waals surface area contributed by atoms with Crippen molar-refractivity contribution in [3.05, 3.63) is 50.1 Å². The number of carbonyl (C=O) groups is 1. The summed E-state index contributed by atoms with van der Waals surface area (Å²) < 4.78 is 1.97. The molecule has 1 saturated carbocycles. The highest BCUT2D eigenvalue weighted by Gasteiger charge is 2.29. The van der Waals surface area contributed by atoms with E-state index >= 15 is 0 Å². The van der Waals surface area contributed by atoms with E-state index in [-0.39, 0.29) is 11.6 Å². The molecule has 3 aromatic rings. The van der Waals surface area contributed by atoms with E-state index in [2.05, 4.69) is 11.4 Å². The summed E-state index contributed by atoms with van der Waals surface area (Å²) in [4.78, 5) is 27.2. The molecule has 1 atom stereocenters. The summed E-state index contributed by atoms with van der Waals surface area (Å²) in [6.07, 6.45) is 6.89. The molecule has 0 amide bonds. The zero-order valence-electron chi connectivity index (χ0n) is 17.1. The largest absolute Gasteiger partial charge is 0.477 e. The molecule has 0 radical (unpaired) electrons. The zero-order valence-corrected chi connectivity index (χ0v) is 17.9. The molecule has 2 aromatic heterocycles. The van der Waals surface area contributed by atoms with Crippen LogP contribution in [0.4, 0.5) is 5.69 Å². The molecule has 2 aliphatic rings. The van der Waals surface area contributed by atoms with Gasteiger partial charge in [-0.2, -0.15) is 0 Å². The number of pyridine rings is 1. The first-order chi connectivity index (χ1) is 14.4. The molecule has 7 heteroatoms. The molecule has 1 fully saturated rings. The summed E-state index contributed by atoms with van der Waals surface area (Å²) in [6.45, 7) is 2.02. The van der Waals surface area contributed by atoms with Gasteiger partial charge < -0.3 is 20.7 Å². The van der Waals surface area contributed by atoms with E-state index in [1.807, 2.05) is 24.6 Å². The predicted molar refractivity (Wildman–Crippen MR) is 121 cm³/mol. The van der Waals surface area contributed by atoms with Gasteiger partial charge in [0.2, 0.25) is 5.43 Å². The van der Waals surface area contributed by atoms with Crippen LogP contribution < -0.4 is 16.5 Å². The van der Waals surface area contributed by atoms with Crippen LogP contribution in [0.1, 0.15) is 64.1 Å². The summed E-state index contributed by atoms with van der Waals surface area (Å²) in [5.41, 5.74) is 10.2. The lowest BCUT2D eigenvalue weighted by Gasteiger charge is -2.21. The average Bonchev–Trinajstić information content (AvgIpc) is 3.47. The van der Waals surface area contributed by atoms with E-state index in [9.17, 15) is 14.7 Å². The van der Waals surface area contributed by atoms with Gasteiger partial charge in [-0.05, 0) is 74.9 Å². The summed E-state index contributed by atoms with van der Waals surface area (Å²) in [5, 5.41) is 13.3. The maximum absolute atomic E-state index is 12.9. The number of rotatable bonds is 4. The minimum Gasteiger partial charge on any atom is -0.477 e. The van der Waals surface area contributed by atoms with E-state index < -0.39 is 11.4 Å². The fourth-order valence-corrected chi connectivity index (χ4v) is 6.12. The van der Waals surface area contributed by atoms with Crippen LogP contribution in [-0.2, 0) is 6.42 Å². The molecule has 4 N–H and O–H groups in total. The van der Waals surface area contributed by atoms with E-state index in [4.69, 9.17) is 5.73 Å². The van der Waals surface area contributed by atoms with Gasteiger partial charge in [0.25, 0.3) is 0 Å². The van der Waals surface area contributed by atoms with Crippen LogP contribution in [0, 0.1) is 6.92 Å². The number of thiophene rings is 1. The minimum atomic E-state index is -1.21. The highest BCUT2D eigenvalue weighted by atomic mass is 32.1. The molecule has 1 aromatic carbocycles. The van der Waals surface area contributed by atoms with Crippen LogP contribution in [0.5, 0.6) is 0 Å². The summed E-state index contributed by atoms with van der Waals surface area (Å²) in [5.74, 6) is -1.21. The van der Waals surface area contributed by atoms with Gasteiger partial charge in [-0.3, -0.25) is 4.79 Å². The molecule has 0 saturated heterocycles. The summed E-state index contributed by atoms with van der Waals surface area (Å²) in [7, 11) is 2.00. The lowest BCUT2D eigenvalue weighted by molar-refractivity contribution is 0.0695. The van der Waals surface area contributed by atoms with Crippen molar-refractivity contribution < 1.29 is 9.90 Å². The van der Waals surface area contributed by atoms with Gasteiger partial charge >= 0.3 is 5.97 Å². The first kappa shape index (κ1) is 19.3. The smallest absolute Gasteiger partial charge is 0.341 e. The molecule has 2 heterocycles. The molecule has 2 aliphatic carbocycles. The Morgan fingerprint density at radius 3 is 2.73 bits per heavy atom. The quantitative estimate of drug-likeness (QED) is 0.545. The number of benzene rings is 1. The van der Waals surface area contributed by atoms with Crippen molar-refractivity contribution in [2.45, 2.75) is 51.1 Å². The second kappa shape index (κ2) is 6.96. The molecule has 0 bridgehead atoms. The number of aromatic carboxylic acids is 1. The molecular formula is C23H25N3O3S. The van der Waals surface area contributed by atoms with Crippen molar-refractivity contribution in [3.63, 3.8) is 0 Å². The monoisotopic (exact) mass is 423 g/mol. The second-order valence-corrected chi connectivity index (χ2v) is 9.54. The molecule has 0 aliphatic heterocycles. The van der Waals surface area contributed by atoms with Gasteiger partial charge in [-0.15, -0.1) is 11.3 Å². The van der Waals surface area contributed by atoms with Crippen molar-refractivity contribution in [1.29, 1.82) is 0 Å². The number of aromatic nitrogens is 1. The highest BCUT2D eigenvalue weighted by molar-refractivity contribution is 7.15. The van der Waals surface area contributed by atoms with Crippen molar-refractivity contribution in [2.75, 3.05) is 12.8 Å². The summed E-state index contributed by atoms with van der Waals surface area (Å²) >= 11 is 1.80. The number of nitrogens with one attached hydrogen (secondary N) is 1. The van der Waals surface area contributed by atoms with Crippen molar-refractivity contribution in [2.24, 2.45) is 0 Å². The average molecular weight is 424 g/mol. The number of hydrogen-bond acceptors (Lipinski definition) is 5. The fourth-order valence-electron chi connectivity index (χ4n) is 4.78. The molecule has 1 unspecified atom stereocenters. The maximum atomic E-state index is 12.9. The number of hydrogen-bond donors (Lipinski definition) is 3. The maximum Gasteiger partial charge on any atom is 0.341 e. The number of aryl methyl sites for hydroxylation is 2. The highest BCUT2D eigenvalue weighted by Crippen LogP contribution is 2.44. The van der Waals surface area contributed by atoms with Gasteiger partial charge in [0.05, 0.1) is 10.9 Å². The molecule has 156 valence electrons. The second-order valence-electron chi connectivity index (χ2n) is 8.40. The Hall–Kier alpha value is -2.64. The van der Waals surface area contributed by atoms with Crippen LogP contribution in [0.25, 0.3) is 21.3 Å². The number of carboxylic acid groups (broad SMARTS) is 1. The normalized spacial score (nSPS) is 18.5. The third-order valence-corrected chi connectivity index (χ3v) is 7.72. The first-order valence-electron chi connectivity index (χ1n) is 10.4. The van der Waals surface area contributed by atoms with E-state index in [1.54, 1.807) is 11.3 Å². The topological polar surface area (TPSA) is 97.3 Å². The Morgan fingerprint density at radius 1 is 1.30 bits per heavy atom. The molecule has 0 spiro atoms. The SMILES string of the molecule is CNC1CCCc2sc(-c3cc(N)c4c(=O)c(C(=O)O)cn(C5CC5)c4c3C)cc21. The Labute approximate surface area is 178 Å². The van der Waals surface area contributed by atoms with Gasteiger partial charge in [-0.25, -0.2) is 4.79 Å². The number of nitrogens with zero attached hydrogens (tertiary/aromatic N) is 1. The van der Waals surface area contributed by atoms with Crippen LogP contribution >= 0.6 is 11.3 Å². The number of anilines is 1. The lowest BCUT2D eigenvalue weighted by atomic mass is 9.93. The van der Waals surface area contributed by atoms with Crippen molar-refractivity contribution >= 4 is 33.9 Å². The predicted octanol–water partition coefficient (Wildman–Crippen LogP) is 4.25. The van der Waals surface area contributed by atoms with E-state index in [0.717, 1.165) is 47.2 Å². The Balaban J connectivity index is 1.78. The molecule has 30 heavy (non-hydrogen) atoms. The van der Waals surface area contributed by atoms with Crippen LogP contribution in [-0.4, -0.2) is 22.7 Å². The van der Waals surface area contributed by atoms with Gasteiger partial charge in [-0.1, -0.05) is 0 Å². The van der Waals surface area contributed by atoms with Gasteiger partial charge in [0.1, 0.15) is 5.56 Å². The minimum absolute atomic E-state index is 0.211. The van der Waals surface area contributed by atoms with Crippen LogP contribution in [0.3, 0.4) is 0 Å². The first-order valence-corrected chi connectivity index (χ1v) is 11.2. The molecular weight excluding hydrogens is 398 g/mol.